The molecule has 0 atom stereocenters. The third-order valence-electron chi connectivity index (χ3n) is 2.08. The highest BCUT2D eigenvalue weighted by molar-refractivity contribution is 7.89. The molecule has 7 heteroatoms. The molecule has 0 aliphatic heterocycles. The lowest BCUT2D eigenvalue weighted by atomic mass is 10.3. The standard InChI is InChI=1S/C10H11N3O2S2/c11-10-3-1-2-8(13-10)6-12-17(14,15)9-4-5-16-7-9/h1-5,7,12H,6H2,(H2,11,13). The Labute approximate surface area is 103 Å². The summed E-state index contributed by atoms with van der Waals surface area (Å²) in [6.07, 6.45) is 0. The van der Waals surface area contributed by atoms with Crippen molar-refractivity contribution in [3.8, 4) is 0 Å². The molecule has 5 nitrogen and oxygen atoms in total. The van der Waals surface area contributed by atoms with Gasteiger partial charge in [-0.25, -0.2) is 18.1 Å². The molecule has 0 aliphatic rings. The van der Waals surface area contributed by atoms with Crippen LogP contribution in [0, 0.1) is 0 Å². The Morgan fingerprint density at radius 3 is 2.82 bits per heavy atom. The molecule has 17 heavy (non-hydrogen) atoms. The topological polar surface area (TPSA) is 85.1 Å². The third-order valence-corrected chi connectivity index (χ3v) is 4.31. The van der Waals surface area contributed by atoms with Crippen molar-refractivity contribution in [1.82, 2.24) is 9.71 Å². The molecule has 0 aliphatic carbocycles. The number of rotatable bonds is 4. The molecule has 0 aromatic carbocycles. The summed E-state index contributed by atoms with van der Waals surface area (Å²) in [6.45, 7) is 0.128. The van der Waals surface area contributed by atoms with Crippen molar-refractivity contribution in [1.29, 1.82) is 0 Å². The molecule has 0 amide bonds. The van der Waals surface area contributed by atoms with E-state index in [4.69, 9.17) is 5.73 Å². The summed E-state index contributed by atoms with van der Waals surface area (Å²) >= 11 is 1.34. The van der Waals surface area contributed by atoms with E-state index in [2.05, 4.69) is 9.71 Å². The van der Waals surface area contributed by atoms with Crippen LogP contribution in [0.1, 0.15) is 5.69 Å². The molecule has 0 radical (unpaired) electrons. The van der Waals surface area contributed by atoms with Gasteiger partial charge in [0.2, 0.25) is 10.0 Å². The van der Waals surface area contributed by atoms with E-state index in [0.717, 1.165) is 0 Å². The minimum absolute atomic E-state index is 0.128. The normalized spacial score (nSPS) is 11.5. The fourth-order valence-corrected chi connectivity index (χ4v) is 3.28. The quantitative estimate of drug-likeness (QED) is 0.873. The van der Waals surface area contributed by atoms with E-state index in [1.54, 1.807) is 35.0 Å². The number of thiophene rings is 1. The minimum atomic E-state index is -3.45. The number of nitrogens with two attached hydrogens (primary N) is 1. The average Bonchev–Trinajstić information content (AvgIpc) is 2.81. The summed E-state index contributed by atoms with van der Waals surface area (Å²) in [5.74, 6) is 0.372. The van der Waals surface area contributed by atoms with Gasteiger partial charge in [0.05, 0.1) is 17.1 Å². The predicted molar refractivity (Wildman–Crippen MR) is 67.0 cm³/mol. The highest BCUT2D eigenvalue weighted by Crippen LogP contribution is 2.13. The van der Waals surface area contributed by atoms with Gasteiger partial charge in [-0.1, -0.05) is 6.07 Å². The first-order valence-corrected chi connectivity index (χ1v) is 7.24. The molecule has 0 fully saturated rings. The second-order valence-electron chi connectivity index (χ2n) is 3.34. The molecule has 0 unspecified atom stereocenters. The van der Waals surface area contributed by atoms with Gasteiger partial charge in [-0.05, 0) is 23.6 Å². The summed E-state index contributed by atoms with van der Waals surface area (Å²) in [6, 6.07) is 6.65. The van der Waals surface area contributed by atoms with E-state index < -0.39 is 10.0 Å². The maximum absolute atomic E-state index is 11.8. The second kappa shape index (κ2) is 4.82. The van der Waals surface area contributed by atoms with Crippen molar-refractivity contribution in [2.24, 2.45) is 0 Å². The highest BCUT2D eigenvalue weighted by atomic mass is 32.2. The van der Waals surface area contributed by atoms with Crippen molar-refractivity contribution < 1.29 is 8.42 Å². The Morgan fingerprint density at radius 1 is 1.35 bits per heavy atom. The van der Waals surface area contributed by atoms with Crippen LogP contribution in [0.25, 0.3) is 0 Å². The van der Waals surface area contributed by atoms with Crippen molar-refractivity contribution in [3.05, 3.63) is 40.7 Å². The van der Waals surface area contributed by atoms with Gasteiger partial charge in [0.1, 0.15) is 5.82 Å². The van der Waals surface area contributed by atoms with Crippen molar-refractivity contribution in [2.45, 2.75) is 11.4 Å². The summed E-state index contributed by atoms with van der Waals surface area (Å²) in [4.78, 5) is 4.28. The molecule has 0 bridgehead atoms. The van der Waals surface area contributed by atoms with E-state index in [1.165, 1.54) is 11.3 Å². The number of hydrogen-bond donors (Lipinski definition) is 2. The zero-order valence-corrected chi connectivity index (χ0v) is 10.5. The molecule has 2 heterocycles. The number of sulfonamides is 1. The van der Waals surface area contributed by atoms with Crippen molar-refractivity contribution in [2.75, 3.05) is 5.73 Å². The molecule has 2 rings (SSSR count). The van der Waals surface area contributed by atoms with Crippen LogP contribution in [0.3, 0.4) is 0 Å². The molecule has 0 saturated heterocycles. The first-order chi connectivity index (χ1) is 8.08. The molecule has 0 spiro atoms. The monoisotopic (exact) mass is 269 g/mol. The molecular formula is C10H11N3O2S2. The average molecular weight is 269 g/mol. The highest BCUT2D eigenvalue weighted by Gasteiger charge is 2.13. The lowest BCUT2D eigenvalue weighted by Crippen LogP contribution is -2.23. The largest absolute Gasteiger partial charge is 0.384 e. The number of nitrogens with one attached hydrogen (secondary N) is 1. The number of anilines is 1. The van der Waals surface area contributed by atoms with Gasteiger partial charge in [0.15, 0.2) is 0 Å². The van der Waals surface area contributed by atoms with Gasteiger partial charge in [0, 0.05) is 5.38 Å². The van der Waals surface area contributed by atoms with E-state index in [1.807, 2.05) is 0 Å². The van der Waals surface area contributed by atoms with Crippen LogP contribution in [0.4, 0.5) is 5.82 Å². The van der Waals surface area contributed by atoms with Crippen LogP contribution in [0.15, 0.2) is 39.9 Å². The van der Waals surface area contributed by atoms with E-state index in [-0.39, 0.29) is 11.4 Å². The number of hydrogen-bond acceptors (Lipinski definition) is 5. The maximum atomic E-state index is 11.8. The third kappa shape index (κ3) is 3.02. The molecule has 2 aromatic heterocycles. The van der Waals surface area contributed by atoms with Gasteiger partial charge >= 0.3 is 0 Å². The van der Waals surface area contributed by atoms with Gasteiger partial charge < -0.3 is 5.73 Å². The Kier molecular flexibility index (Phi) is 3.41. The number of nitrogens with zero attached hydrogens (tertiary/aromatic N) is 1. The Hall–Kier alpha value is -1.44. The van der Waals surface area contributed by atoms with Crippen LogP contribution in [-0.4, -0.2) is 13.4 Å². The van der Waals surface area contributed by atoms with Crippen LogP contribution in [0.5, 0.6) is 0 Å². The number of pyridine rings is 1. The van der Waals surface area contributed by atoms with Crippen LogP contribution in [-0.2, 0) is 16.6 Å². The zero-order chi connectivity index (χ0) is 12.3. The first-order valence-electron chi connectivity index (χ1n) is 4.81. The summed E-state index contributed by atoms with van der Waals surface area (Å²) in [5, 5.41) is 3.29. The molecule has 90 valence electrons. The lowest BCUT2D eigenvalue weighted by molar-refractivity contribution is 0.581. The lowest BCUT2D eigenvalue weighted by Gasteiger charge is -2.04. The SMILES string of the molecule is Nc1cccc(CNS(=O)(=O)c2ccsc2)n1. The zero-order valence-electron chi connectivity index (χ0n) is 8.83. The number of aromatic nitrogens is 1. The van der Waals surface area contributed by atoms with Crippen molar-refractivity contribution >= 4 is 27.2 Å². The number of nitrogen functional groups attached to an aromatic ring is 1. The van der Waals surface area contributed by atoms with E-state index in [9.17, 15) is 8.42 Å². The summed E-state index contributed by atoms with van der Waals surface area (Å²) in [7, 11) is -3.45. The Morgan fingerprint density at radius 2 is 2.18 bits per heavy atom. The molecule has 0 saturated carbocycles. The van der Waals surface area contributed by atoms with Crippen molar-refractivity contribution in [3.63, 3.8) is 0 Å². The van der Waals surface area contributed by atoms with Crippen LogP contribution in [0.2, 0.25) is 0 Å². The van der Waals surface area contributed by atoms with Gasteiger partial charge in [0.25, 0.3) is 0 Å². The summed E-state index contributed by atoms with van der Waals surface area (Å²) in [5.41, 5.74) is 6.09. The van der Waals surface area contributed by atoms with E-state index >= 15 is 0 Å². The molecular weight excluding hydrogens is 258 g/mol. The fourth-order valence-electron chi connectivity index (χ4n) is 1.25. The van der Waals surface area contributed by atoms with Gasteiger partial charge in [-0.2, -0.15) is 11.3 Å². The smallest absolute Gasteiger partial charge is 0.241 e. The maximum Gasteiger partial charge on any atom is 0.241 e. The van der Waals surface area contributed by atoms with Crippen LogP contribution < -0.4 is 10.5 Å². The van der Waals surface area contributed by atoms with Gasteiger partial charge in [-0.15, -0.1) is 0 Å². The fraction of sp³-hybridized carbons (Fsp3) is 0.100. The molecule has 3 N–H and O–H groups in total. The second-order valence-corrected chi connectivity index (χ2v) is 5.88. The Bertz CT molecular complexity index is 594. The van der Waals surface area contributed by atoms with Gasteiger partial charge in [-0.3, -0.25) is 0 Å². The molecule has 2 aromatic rings. The predicted octanol–water partition coefficient (Wildman–Crippen LogP) is 1.20. The van der Waals surface area contributed by atoms with Crippen LogP contribution >= 0.6 is 11.3 Å². The van der Waals surface area contributed by atoms with E-state index in [0.29, 0.717) is 11.5 Å². The Balaban J connectivity index is 2.08. The first kappa shape index (κ1) is 12.0. The minimum Gasteiger partial charge on any atom is -0.384 e. The summed E-state index contributed by atoms with van der Waals surface area (Å²) < 4.78 is 26.0.